The van der Waals surface area contributed by atoms with E-state index in [1.54, 1.807) is 0 Å². The molecule has 1 saturated carbocycles. The number of hydrogen-bond donors (Lipinski definition) is 2. The van der Waals surface area contributed by atoms with Crippen LogP contribution in [0.15, 0.2) is 0 Å². The number of nitrogens with one attached hydrogen (secondary N) is 2. The third-order valence-electron chi connectivity index (χ3n) is 5.18. The van der Waals surface area contributed by atoms with Crippen LogP contribution in [0.25, 0.3) is 0 Å². The SMILES string of the molecule is CCC(NC(=O)CCC1CCCNC1)C1CCCCC1. The second kappa shape index (κ2) is 8.66. The largest absolute Gasteiger partial charge is 0.353 e. The molecule has 2 rings (SSSR count). The highest BCUT2D eigenvalue weighted by molar-refractivity contribution is 5.76. The van der Waals surface area contributed by atoms with Crippen molar-refractivity contribution < 1.29 is 4.79 Å². The molecule has 0 aromatic heterocycles. The van der Waals surface area contributed by atoms with Crippen molar-refractivity contribution in [1.82, 2.24) is 10.6 Å². The van der Waals surface area contributed by atoms with Gasteiger partial charge in [0.2, 0.25) is 5.91 Å². The van der Waals surface area contributed by atoms with Crippen molar-refractivity contribution in [2.45, 2.75) is 77.2 Å². The summed E-state index contributed by atoms with van der Waals surface area (Å²) in [5.74, 6) is 1.73. The van der Waals surface area contributed by atoms with Gasteiger partial charge in [-0.3, -0.25) is 4.79 Å². The van der Waals surface area contributed by atoms with E-state index in [9.17, 15) is 4.79 Å². The third-order valence-corrected chi connectivity index (χ3v) is 5.18. The van der Waals surface area contributed by atoms with E-state index >= 15 is 0 Å². The Morgan fingerprint density at radius 3 is 2.65 bits per heavy atom. The van der Waals surface area contributed by atoms with E-state index < -0.39 is 0 Å². The number of rotatable bonds is 6. The first-order valence-electron chi connectivity index (χ1n) is 8.79. The van der Waals surface area contributed by atoms with E-state index in [-0.39, 0.29) is 5.91 Å². The monoisotopic (exact) mass is 280 g/mol. The molecule has 3 nitrogen and oxygen atoms in total. The van der Waals surface area contributed by atoms with Crippen molar-refractivity contribution in [3.8, 4) is 0 Å². The van der Waals surface area contributed by atoms with Gasteiger partial charge < -0.3 is 10.6 Å². The Kier molecular flexibility index (Phi) is 6.85. The van der Waals surface area contributed by atoms with Crippen molar-refractivity contribution in [3.05, 3.63) is 0 Å². The number of amides is 1. The minimum Gasteiger partial charge on any atom is -0.353 e. The molecule has 2 fully saturated rings. The van der Waals surface area contributed by atoms with Crippen molar-refractivity contribution in [1.29, 1.82) is 0 Å². The van der Waals surface area contributed by atoms with Crippen molar-refractivity contribution in [2.75, 3.05) is 13.1 Å². The summed E-state index contributed by atoms with van der Waals surface area (Å²) in [5.41, 5.74) is 0. The molecule has 1 saturated heterocycles. The zero-order valence-electron chi connectivity index (χ0n) is 13.1. The topological polar surface area (TPSA) is 41.1 Å². The maximum absolute atomic E-state index is 12.2. The molecule has 1 heterocycles. The van der Waals surface area contributed by atoms with E-state index in [4.69, 9.17) is 0 Å². The summed E-state index contributed by atoms with van der Waals surface area (Å²) in [4.78, 5) is 12.2. The van der Waals surface area contributed by atoms with Crippen LogP contribution < -0.4 is 10.6 Å². The highest BCUT2D eigenvalue weighted by atomic mass is 16.1. The third kappa shape index (κ3) is 5.08. The van der Waals surface area contributed by atoms with Crippen LogP contribution >= 0.6 is 0 Å². The minimum atomic E-state index is 0.285. The van der Waals surface area contributed by atoms with E-state index in [2.05, 4.69) is 17.6 Å². The molecule has 1 aliphatic heterocycles. The minimum absolute atomic E-state index is 0.285. The van der Waals surface area contributed by atoms with Gasteiger partial charge in [-0.15, -0.1) is 0 Å². The van der Waals surface area contributed by atoms with Crippen LogP contribution in [0.4, 0.5) is 0 Å². The normalized spacial score (nSPS) is 26.1. The summed E-state index contributed by atoms with van der Waals surface area (Å²) in [6.07, 6.45) is 12.1. The summed E-state index contributed by atoms with van der Waals surface area (Å²) in [6.45, 7) is 4.47. The van der Waals surface area contributed by atoms with Gasteiger partial charge in [0.1, 0.15) is 0 Å². The molecule has 3 heteroatoms. The van der Waals surface area contributed by atoms with Crippen molar-refractivity contribution in [2.24, 2.45) is 11.8 Å². The van der Waals surface area contributed by atoms with E-state index in [1.807, 2.05) is 0 Å². The molecule has 1 amide bonds. The zero-order chi connectivity index (χ0) is 14.2. The van der Waals surface area contributed by atoms with Crippen LogP contribution in [0.2, 0.25) is 0 Å². The molecule has 20 heavy (non-hydrogen) atoms. The van der Waals surface area contributed by atoms with Gasteiger partial charge in [-0.05, 0) is 63.5 Å². The maximum Gasteiger partial charge on any atom is 0.220 e. The fraction of sp³-hybridized carbons (Fsp3) is 0.941. The Morgan fingerprint density at radius 1 is 1.20 bits per heavy atom. The molecule has 2 atom stereocenters. The summed E-state index contributed by atoms with van der Waals surface area (Å²) >= 11 is 0. The summed E-state index contributed by atoms with van der Waals surface area (Å²) in [7, 11) is 0. The van der Waals surface area contributed by atoms with E-state index in [0.717, 1.165) is 38.3 Å². The smallest absolute Gasteiger partial charge is 0.220 e. The maximum atomic E-state index is 12.2. The lowest BCUT2D eigenvalue weighted by molar-refractivity contribution is -0.122. The number of piperidine rings is 1. The van der Waals surface area contributed by atoms with E-state index in [0.29, 0.717) is 12.0 Å². The fourth-order valence-corrected chi connectivity index (χ4v) is 3.87. The van der Waals surface area contributed by atoms with Gasteiger partial charge in [-0.25, -0.2) is 0 Å². The lowest BCUT2D eigenvalue weighted by atomic mass is 9.83. The second-order valence-electron chi connectivity index (χ2n) is 6.73. The quantitative estimate of drug-likeness (QED) is 0.784. The molecule has 0 bridgehead atoms. The Labute approximate surface area is 124 Å². The van der Waals surface area contributed by atoms with Crippen molar-refractivity contribution in [3.63, 3.8) is 0 Å². The van der Waals surface area contributed by atoms with Gasteiger partial charge in [-0.1, -0.05) is 26.2 Å². The van der Waals surface area contributed by atoms with Crippen LogP contribution in [0, 0.1) is 11.8 Å². The molecule has 1 aliphatic carbocycles. The Morgan fingerprint density at radius 2 is 2.00 bits per heavy atom. The Bertz CT molecular complexity index is 281. The highest BCUT2D eigenvalue weighted by Crippen LogP contribution is 2.27. The summed E-state index contributed by atoms with van der Waals surface area (Å²) < 4.78 is 0. The zero-order valence-corrected chi connectivity index (χ0v) is 13.1. The molecule has 0 aromatic rings. The molecule has 2 aliphatic rings. The van der Waals surface area contributed by atoms with Crippen LogP contribution in [0.5, 0.6) is 0 Å². The predicted octanol–water partition coefficient (Wildman–Crippen LogP) is 3.24. The molecule has 2 N–H and O–H groups in total. The number of hydrogen-bond acceptors (Lipinski definition) is 2. The second-order valence-corrected chi connectivity index (χ2v) is 6.73. The number of carbonyl (C=O) groups is 1. The first kappa shape index (κ1) is 15.8. The molecular weight excluding hydrogens is 248 g/mol. The average molecular weight is 280 g/mol. The number of carbonyl (C=O) groups excluding carboxylic acids is 1. The summed E-state index contributed by atoms with van der Waals surface area (Å²) in [5, 5.41) is 6.75. The lowest BCUT2D eigenvalue weighted by Crippen LogP contribution is -2.41. The average Bonchev–Trinajstić information content (AvgIpc) is 2.52. The molecular formula is C17H32N2O. The standard InChI is InChI=1S/C17H32N2O/c1-2-16(15-8-4-3-5-9-15)19-17(20)11-10-14-7-6-12-18-13-14/h14-16,18H,2-13H2,1H3,(H,19,20). The van der Waals surface area contributed by atoms with Gasteiger partial charge >= 0.3 is 0 Å². The van der Waals surface area contributed by atoms with Gasteiger partial charge in [0.15, 0.2) is 0 Å². The van der Waals surface area contributed by atoms with Crippen LogP contribution in [0.1, 0.15) is 71.1 Å². The van der Waals surface area contributed by atoms with Gasteiger partial charge in [0.05, 0.1) is 0 Å². The first-order valence-corrected chi connectivity index (χ1v) is 8.79. The fourth-order valence-electron chi connectivity index (χ4n) is 3.87. The molecule has 2 unspecified atom stereocenters. The highest BCUT2D eigenvalue weighted by Gasteiger charge is 2.24. The summed E-state index contributed by atoms with van der Waals surface area (Å²) in [6, 6.07) is 0.423. The molecule has 116 valence electrons. The molecule has 0 aromatic carbocycles. The molecule has 0 spiro atoms. The van der Waals surface area contributed by atoms with Crippen molar-refractivity contribution >= 4 is 5.91 Å². The van der Waals surface area contributed by atoms with Gasteiger partial charge in [0.25, 0.3) is 0 Å². The van der Waals surface area contributed by atoms with Gasteiger partial charge in [0, 0.05) is 12.5 Å². The van der Waals surface area contributed by atoms with Crippen LogP contribution in [-0.2, 0) is 4.79 Å². The molecule has 0 radical (unpaired) electrons. The van der Waals surface area contributed by atoms with Gasteiger partial charge in [-0.2, -0.15) is 0 Å². The van der Waals surface area contributed by atoms with Crippen LogP contribution in [0.3, 0.4) is 0 Å². The van der Waals surface area contributed by atoms with Crippen LogP contribution in [-0.4, -0.2) is 25.0 Å². The van der Waals surface area contributed by atoms with E-state index in [1.165, 1.54) is 44.9 Å². The first-order chi connectivity index (χ1) is 9.79. The Balaban J connectivity index is 1.68. The Hall–Kier alpha value is -0.570. The lowest BCUT2D eigenvalue weighted by Gasteiger charge is -2.30. The predicted molar refractivity (Wildman–Crippen MR) is 83.6 cm³/mol.